The van der Waals surface area contributed by atoms with Gasteiger partial charge in [0.2, 0.25) is 0 Å². The summed E-state index contributed by atoms with van der Waals surface area (Å²) < 4.78 is 10.7. The van der Waals surface area contributed by atoms with Gasteiger partial charge >= 0.3 is 5.97 Å². The summed E-state index contributed by atoms with van der Waals surface area (Å²) in [5, 5.41) is 3.20. The van der Waals surface area contributed by atoms with Crippen LogP contribution in [-0.2, 0) is 20.9 Å². The first-order valence-corrected chi connectivity index (χ1v) is 6.66. The molecular weight excluding hydrogens is 256 g/mol. The Kier molecular flexibility index (Phi) is 4.39. The number of carbonyl (C=O) groups excluding carboxylic acids is 1. The number of fused-ring (bicyclic) bond motifs is 1. The highest BCUT2D eigenvalue weighted by atomic mass is 16.6. The van der Waals surface area contributed by atoms with Crippen molar-refractivity contribution in [3.05, 3.63) is 29.5 Å². The van der Waals surface area contributed by atoms with Crippen molar-refractivity contribution in [2.45, 2.75) is 33.0 Å². The maximum absolute atomic E-state index is 11.6. The lowest BCUT2D eigenvalue weighted by Crippen LogP contribution is -2.22. The van der Waals surface area contributed by atoms with E-state index in [0.717, 1.165) is 23.5 Å². The predicted octanol–water partition coefficient (Wildman–Crippen LogP) is 2.38. The van der Waals surface area contributed by atoms with Crippen molar-refractivity contribution in [3.8, 4) is 0 Å². The SMILES string of the molecule is CC(C)(C)OC(=O)C=Cc1cnc2c(c1)COCCN2. The van der Waals surface area contributed by atoms with Crippen LogP contribution < -0.4 is 5.32 Å². The Morgan fingerprint density at radius 2 is 2.30 bits per heavy atom. The van der Waals surface area contributed by atoms with Crippen molar-refractivity contribution in [1.82, 2.24) is 4.98 Å². The molecule has 0 aliphatic carbocycles. The third-order valence-corrected chi connectivity index (χ3v) is 2.60. The van der Waals surface area contributed by atoms with Crippen molar-refractivity contribution >= 4 is 17.9 Å². The Labute approximate surface area is 119 Å². The van der Waals surface area contributed by atoms with Crippen LogP contribution in [0.2, 0.25) is 0 Å². The molecule has 1 aromatic heterocycles. The van der Waals surface area contributed by atoms with Gasteiger partial charge in [-0.1, -0.05) is 0 Å². The average molecular weight is 276 g/mol. The Hall–Kier alpha value is -1.88. The van der Waals surface area contributed by atoms with Gasteiger partial charge < -0.3 is 14.8 Å². The molecule has 0 fully saturated rings. The third-order valence-electron chi connectivity index (χ3n) is 2.60. The number of nitrogens with zero attached hydrogens (tertiary/aromatic N) is 1. The Morgan fingerprint density at radius 1 is 1.50 bits per heavy atom. The number of carbonyl (C=O) groups is 1. The molecule has 1 aliphatic rings. The second-order valence-electron chi connectivity index (χ2n) is 5.62. The molecule has 2 heterocycles. The summed E-state index contributed by atoms with van der Waals surface area (Å²) >= 11 is 0. The summed E-state index contributed by atoms with van der Waals surface area (Å²) in [6.07, 6.45) is 4.84. The Bertz CT molecular complexity index is 518. The minimum absolute atomic E-state index is 0.359. The minimum Gasteiger partial charge on any atom is -0.457 e. The lowest BCUT2D eigenvalue weighted by atomic mass is 10.1. The number of hydrogen-bond acceptors (Lipinski definition) is 5. The first-order chi connectivity index (χ1) is 9.44. The smallest absolute Gasteiger partial charge is 0.331 e. The van der Waals surface area contributed by atoms with E-state index in [2.05, 4.69) is 10.3 Å². The second-order valence-corrected chi connectivity index (χ2v) is 5.62. The van der Waals surface area contributed by atoms with Gasteiger partial charge in [0, 0.05) is 24.4 Å². The van der Waals surface area contributed by atoms with Gasteiger partial charge in [0.25, 0.3) is 0 Å². The van der Waals surface area contributed by atoms with Crippen LogP contribution in [0.5, 0.6) is 0 Å². The van der Waals surface area contributed by atoms with E-state index >= 15 is 0 Å². The molecule has 0 radical (unpaired) electrons. The molecule has 5 nitrogen and oxygen atoms in total. The summed E-state index contributed by atoms with van der Waals surface area (Å²) in [6, 6.07) is 1.96. The molecule has 0 saturated heterocycles. The fraction of sp³-hybridized carbons (Fsp3) is 0.467. The summed E-state index contributed by atoms with van der Waals surface area (Å²) in [6.45, 7) is 7.47. The van der Waals surface area contributed by atoms with E-state index in [-0.39, 0.29) is 5.97 Å². The molecule has 2 rings (SSSR count). The van der Waals surface area contributed by atoms with E-state index in [9.17, 15) is 4.79 Å². The summed E-state index contributed by atoms with van der Waals surface area (Å²) in [4.78, 5) is 15.9. The lowest BCUT2D eigenvalue weighted by Gasteiger charge is -2.17. The van der Waals surface area contributed by atoms with E-state index in [0.29, 0.717) is 13.2 Å². The molecule has 0 bridgehead atoms. The van der Waals surface area contributed by atoms with Crippen molar-refractivity contribution < 1.29 is 14.3 Å². The van der Waals surface area contributed by atoms with E-state index in [1.807, 2.05) is 26.8 Å². The fourth-order valence-corrected chi connectivity index (χ4v) is 1.81. The van der Waals surface area contributed by atoms with Gasteiger partial charge in [-0.25, -0.2) is 9.78 Å². The molecule has 1 N–H and O–H groups in total. The molecule has 0 spiro atoms. The number of aromatic nitrogens is 1. The number of pyridine rings is 1. The van der Waals surface area contributed by atoms with Gasteiger partial charge in [-0.2, -0.15) is 0 Å². The van der Waals surface area contributed by atoms with Crippen LogP contribution in [-0.4, -0.2) is 29.7 Å². The van der Waals surface area contributed by atoms with Crippen LogP contribution >= 0.6 is 0 Å². The highest BCUT2D eigenvalue weighted by molar-refractivity contribution is 5.87. The maximum Gasteiger partial charge on any atom is 0.331 e. The quantitative estimate of drug-likeness (QED) is 0.664. The van der Waals surface area contributed by atoms with Crippen molar-refractivity contribution in [2.24, 2.45) is 0 Å². The van der Waals surface area contributed by atoms with Crippen molar-refractivity contribution in [1.29, 1.82) is 0 Å². The van der Waals surface area contributed by atoms with Crippen molar-refractivity contribution in [2.75, 3.05) is 18.5 Å². The monoisotopic (exact) mass is 276 g/mol. The molecule has 0 unspecified atom stereocenters. The van der Waals surface area contributed by atoms with Crippen LogP contribution in [0.15, 0.2) is 18.3 Å². The number of hydrogen-bond donors (Lipinski definition) is 1. The first-order valence-electron chi connectivity index (χ1n) is 6.66. The van der Waals surface area contributed by atoms with Gasteiger partial charge in [0.1, 0.15) is 11.4 Å². The maximum atomic E-state index is 11.6. The molecule has 20 heavy (non-hydrogen) atoms. The number of anilines is 1. The standard InChI is InChI=1S/C15H20N2O3/c1-15(2,3)20-13(18)5-4-11-8-12-10-19-7-6-16-14(12)17-9-11/h4-5,8-9H,6-7,10H2,1-3H3,(H,16,17). The number of esters is 1. The topological polar surface area (TPSA) is 60.5 Å². The molecule has 1 aliphatic heterocycles. The van der Waals surface area contributed by atoms with Crippen molar-refractivity contribution in [3.63, 3.8) is 0 Å². The lowest BCUT2D eigenvalue weighted by molar-refractivity contribution is -0.148. The van der Waals surface area contributed by atoms with Crippen LogP contribution in [0.4, 0.5) is 5.82 Å². The minimum atomic E-state index is -0.481. The first kappa shape index (κ1) is 14.5. The van der Waals surface area contributed by atoms with Gasteiger partial charge in [-0.3, -0.25) is 0 Å². The summed E-state index contributed by atoms with van der Waals surface area (Å²) in [5.41, 5.74) is 1.36. The summed E-state index contributed by atoms with van der Waals surface area (Å²) in [5.74, 6) is 0.485. The molecule has 1 aromatic rings. The van der Waals surface area contributed by atoms with Gasteiger partial charge in [0.15, 0.2) is 0 Å². The van der Waals surface area contributed by atoms with E-state index < -0.39 is 5.60 Å². The predicted molar refractivity (Wildman–Crippen MR) is 77.3 cm³/mol. The Morgan fingerprint density at radius 3 is 3.05 bits per heavy atom. The largest absolute Gasteiger partial charge is 0.457 e. The van der Waals surface area contributed by atoms with Crippen LogP contribution in [0.3, 0.4) is 0 Å². The molecule has 5 heteroatoms. The second kappa shape index (κ2) is 6.05. The number of nitrogens with one attached hydrogen (secondary N) is 1. The normalized spacial score (nSPS) is 15.3. The molecule has 0 amide bonds. The molecule has 0 saturated carbocycles. The van der Waals surface area contributed by atoms with E-state index in [4.69, 9.17) is 9.47 Å². The Balaban J connectivity index is 2.06. The van der Waals surface area contributed by atoms with E-state index in [1.165, 1.54) is 6.08 Å². The fourth-order valence-electron chi connectivity index (χ4n) is 1.81. The zero-order valence-electron chi connectivity index (χ0n) is 12.1. The summed E-state index contributed by atoms with van der Waals surface area (Å²) in [7, 11) is 0. The van der Waals surface area contributed by atoms with E-state index in [1.54, 1.807) is 12.3 Å². The van der Waals surface area contributed by atoms with Gasteiger partial charge in [-0.05, 0) is 38.5 Å². The van der Waals surface area contributed by atoms with Gasteiger partial charge in [-0.15, -0.1) is 0 Å². The molecular formula is C15H20N2O3. The number of rotatable bonds is 2. The molecule has 0 aromatic carbocycles. The van der Waals surface area contributed by atoms with Gasteiger partial charge in [0.05, 0.1) is 13.2 Å². The van der Waals surface area contributed by atoms with Crippen LogP contribution in [0, 0.1) is 0 Å². The highest BCUT2D eigenvalue weighted by Crippen LogP contribution is 2.18. The van der Waals surface area contributed by atoms with Crippen LogP contribution in [0.1, 0.15) is 31.9 Å². The average Bonchev–Trinajstić information content (AvgIpc) is 2.58. The zero-order chi connectivity index (χ0) is 14.6. The number of ether oxygens (including phenoxy) is 2. The molecule has 108 valence electrons. The molecule has 0 atom stereocenters. The third kappa shape index (κ3) is 4.35. The highest BCUT2D eigenvalue weighted by Gasteiger charge is 2.14. The zero-order valence-corrected chi connectivity index (χ0v) is 12.1. The van der Waals surface area contributed by atoms with Crippen LogP contribution in [0.25, 0.3) is 6.08 Å².